The van der Waals surface area contributed by atoms with E-state index in [-0.39, 0.29) is 11.9 Å². The number of amides is 1. The van der Waals surface area contributed by atoms with Gasteiger partial charge in [-0.1, -0.05) is 51.0 Å². The van der Waals surface area contributed by atoms with E-state index in [2.05, 4.69) is 43.4 Å². The van der Waals surface area contributed by atoms with Crippen LogP contribution in [-0.2, 0) is 17.8 Å². The van der Waals surface area contributed by atoms with E-state index < -0.39 is 0 Å². The zero-order valence-corrected chi connectivity index (χ0v) is 14.7. The van der Waals surface area contributed by atoms with E-state index in [9.17, 15) is 4.79 Å². The van der Waals surface area contributed by atoms with E-state index in [1.807, 2.05) is 11.8 Å². The van der Waals surface area contributed by atoms with Crippen molar-refractivity contribution in [2.75, 3.05) is 6.54 Å². The molecule has 3 heteroatoms. The first-order valence-corrected chi connectivity index (χ1v) is 9.18. The third-order valence-electron chi connectivity index (χ3n) is 5.98. The summed E-state index contributed by atoms with van der Waals surface area (Å²) in [6, 6.07) is 8.89. The molecule has 0 saturated heterocycles. The Morgan fingerprint density at radius 1 is 1.22 bits per heavy atom. The van der Waals surface area contributed by atoms with Gasteiger partial charge < -0.3 is 10.2 Å². The molecule has 1 fully saturated rings. The highest BCUT2D eigenvalue weighted by Gasteiger charge is 2.31. The molecular weight excluding hydrogens is 284 g/mol. The van der Waals surface area contributed by atoms with Gasteiger partial charge in [-0.15, -0.1) is 0 Å². The van der Waals surface area contributed by atoms with Crippen molar-refractivity contribution in [2.45, 2.75) is 65.1 Å². The molecule has 3 nitrogen and oxygen atoms in total. The smallest absolute Gasteiger partial charge is 0.239 e. The molecule has 1 saturated carbocycles. The standard InChI is InChI=1S/C20H30N2O/c1-14-7-6-10-19(15(14)2)21-16(3)20(23)22-12-11-17-8-4-5-9-18(17)13-22/h4-5,8-9,14-16,19,21H,6-7,10-13H2,1-3H3. The van der Waals surface area contributed by atoms with Crippen LogP contribution in [0.2, 0.25) is 0 Å². The summed E-state index contributed by atoms with van der Waals surface area (Å²) in [5, 5.41) is 3.63. The van der Waals surface area contributed by atoms with Crippen molar-refractivity contribution in [2.24, 2.45) is 11.8 Å². The van der Waals surface area contributed by atoms with Crippen molar-refractivity contribution in [1.82, 2.24) is 10.2 Å². The molecule has 0 aromatic heterocycles. The van der Waals surface area contributed by atoms with Crippen molar-refractivity contribution < 1.29 is 4.79 Å². The molecule has 1 heterocycles. The molecule has 0 bridgehead atoms. The third-order valence-corrected chi connectivity index (χ3v) is 5.98. The number of hydrogen-bond donors (Lipinski definition) is 1. The Morgan fingerprint density at radius 2 is 1.96 bits per heavy atom. The van der Waals surface area contributed by atoms with Gasteiger partial charge in [0, 0.05) is 19.1 Å². The van der Waals surface area contributed by atoms with E-state index in [4.69, 9.17) is 0 Å². The van der Waals surface area contributed by atoms with Gasteiger partial charge in [-0.3, -0.25) is 4.79 Å². The maximum absolute atomic E-state index is 12.8. The van der Waals surface area contributed by atoms with E-state index in [0.29, 0.717) is 12.0 Å². The number of rotatable bonds is 3. The quantitative estimate of drug-likeness (QED) is 0.927. The summed E-state index contributed by atoms with van der Waals surface area (Å²) in [7, 11) is 0. The zero-order chi connectivity index (χ0) is 16.4. The molecule has 1 aliphatic carbocycles. The van der Waals surface area contributed by atoms with Gasteiger partial charge >= 0.3 is 0 Å². The minimum absolute atomic E-state index is 0.0852. The predicted molar refractivity (Wildman–Crippen MR) is 94.1 cm³/mol. The number of carbonyl (C=O) groups excluding carboxylic acids is 1. The third kappa shape index (κ3) is 3.60. The molecule has 0 spiro atoms. The van der Waals surface area contributed by atoms with Crippen molar-refractivity contribution in [3.8, 4) is 0 Å². The monoisotopic (exact) mass is 314 g/mol. The molecule has 0 radical (unpaired) electrons. The van der Waals surface area contributed by atoms with E-state index in [0.717, 1.165) is 25.4 Å². The van der Waals surface area contributed by atoms with Crippen LogP contribution in [0.5, 0.6) is 0 Å². The van der Waals surface area contributed by atoms with Crippen LogP contribution in [0, 0.1) is 11.8 Å². The molecule has 126 valence electrons. The van der Waals surface area contributed by atoms with Gasteiger partial charge in [0.1, 0.15) is 0 Å². The number of benzene rings is 1. The SMILES string of the molecule is CC(NC1CCCC(C)C1C)C(=O)N1CCc2ccccc2C1. The maximum atomic E-state index is 12.8. The topological polar surface area (TPSA) is 32.3 Å². The summed E-state index contributed by atoms with van der Waals surface area (Å²) >= 11 is 0. The van der Waals surface area contributed by atoms with Gasteiger partial charge in [-0.05, 0) is 42.7 Å². The molecule has 2 aliphatic rings. The van der Waals surface area contributed by atoms with E-state index in [1.54, 1.807) is 0 Å². The summed E-state index contributed by atoms with van der Waals surface area (Å²) in [6.45, 7) is 8.31. The van der Waals surface area contributed by atoms with Gasteiger partial charge in [-0.2, -0.15) is 0 Å². The second-order valence-electron chi connectivity index (χ2n) is 7.54. The summed E-state index contributed by atoms with van der Waals surface area (Å²) in [4.78, 5) is 14.9. The molecule has 1 aliphatic heterocycles. The molecule has 1 aromatic carbocycles. The zero-order valence-electron chi connectivity index (χ0n) is 14.7. The Balaban J connectivity index is 1.60. The lowest BCUT2D eigenvalue weighted by Gasteiger charge is -2.38. The first-order valence-electron chi connectivity index (χ1n) is 9.18. The second-order valence-corrected chi connectivity index (χ2v) is 7.54. The Kier molecular flexibility index (Phi) is 5.05. The normalized spacial score (nSPS) is 29.0. The highest BCUT2D eigenvalue weighted by atomic mass is 16.2. The predicted octanol–water partition coefficient (Wildman–Crippen LogP) is 3.37. The Hall–Kier alpha value is -1.35. The fourth-order valence-electron chi connectivity index (χ4n) is 4.17. The van der Waals surface area contributed by atoms with Crippen molar-refractivity contribution in [3.05, 3.63) is 35.4 Å². The fraction of sp³-hybridized carbons (Fsp3) is 0.650. The average Bonchev–Trinajstić information content (AvgIpc) is 2.57. The lowest BCUT2D eigenvalue weighted by molar-refractivity contribution is -0.134. The summed E-state index contributed by atoms with van der Waals surface area (Å²) < 4.78 is 0. The van der Waals surface area contributed by atoms with Crippen LogP contribution in [0.25, 0.3) is 0 Å². The first-order chi connectivity index (χ1) is 11.1. The largest absolute Gasteiger partial charge is 0.337 e. The average molecular weight is 314 g/mol. The summed E-state index contributed by atoms with van der Waals surface area (Å²) in [5.41, 5.74) is 2.70. The van der Waals surface area contributed by atoms with Crippen LogP contribution < -0.4 is 5.32 Å². The van der Waals surface area contributed by atoms with Crippen LogP contribution in [0.1, 0.15) is 51.2 Å². The molecule has 4 atom stereocenters. The first kappa shape index (κ1) is 16.5. The summed E-state index contributed by atoms with van der Waals surface area (Å²) in [5.74, 6) is 1.66. The number of carbonyl (C=O) groups is 1. The van der Waals surface area contributed by atoms with Gasteiger partial charge in [0.2, 0.25) is 5.91 Å². The highest BCUT2D eigenvalue weighted by molar-refractivity contribution is 5.81. The van der Waals surface area contributed by atoms with Crippen LogP contribution in [0.15, 0.2) is 24.3 Å². The minimum Gasteiger partial charge on any atom is -0.337 e. The van der Waals surface area contributed by atoms with Crippen LogP contribution >= 0.6 is 0 Å². The van der Waals surface area contributed by atoms with Crippen LogP contribution in [0.3, 0.4) is 0 Å². The second kappa shape index (κ2) is 7.04. The van der Waals surface area contributed by atoms with Gasteiger partial charge in [-0.25, -0.2) is 0 Å². The number of nitrogens with one attached hydrogen (secondary N) is 1. The molecule has 1 aromatic rings. The molecule has 23 heavy (non-hydrogen) atoms. The highest BCUT2D eigenvalue weighted by Crippen LogP contribution is 2.30. The van der Waals surface area contributed by atoms with E-state index in [1.165, 1.54) is 30.4 Å². The Labute approximate surface area is 140 Å². The summed E-state index contributed by atoms with van der Waals surface area (Å²) in [6.07, 6.45) is 4.78. The Morgan fingerprint density at radius 3 is 2.74 bits per heavy atom. The molecular formula is C20H30N2O. The van der Waals surface area contributed by atoms with Gasteiger partial charge in [0.05, 0.1) is 6.04 Å². The van der Waals surface area contributed by atoms with Gasteiger partial charge in [0.15, 0.2) is 0 Å². The number of fused-ring (bicyclic) bond motifs is 1. The minimum atomic E-state index is -0.0852. The van der Waals surface area contributed by atoms with Crippen LogP contribution in [0.4, 0.5) is 0 Å². The van der Waals surface area contributed by atoms with Crippen molar-refractivity contribution in [1.29, 1.82) is 0 Å². The molecule has 1 N–H and O–H groups in total. The van der Waals surface area contributed by atoms with E-state index >= 15 is 0 Å². The molecule has 3 rings (SSSR count). The lowest BCUT2D eigenvalue weighted by Crippen LogP contribution is -2.52. The van der Waals surface area contributed by atoms with Gasteiger partial charge in [0.25, 0.3) is 0 Å². The Bertz CT molecular complexity index is 556. The number of nitrogens with zero attached hydrogens (tertiary/aromatic N) is 1. The number of hydrogen-bond acceptors (Lipinski definition) is 2. The van der Waals surface area contributed by atoms with Crippen LogP contribution in [-0.4, -0.2) is 29.4 Å². The maximum Gasteiger partial charge on any atom is 0.239 e. The molecule has 1 amide bonds. The fourth-order valence-corrected chi connectivity index (χ4v) is 4.17. The van der Waals surface area contributed by atoms with Crippen molar-refractivity contribution >= 4 is 5.91 Å². The van der Waals surface area contributed by atoms with Crippen molar-refractivity contribution in [3.63, 3.8) is 0 Å². The lowest BCUT2D eigenvalue weighted by atomic mass is 9.78. The molecule has 4 unspecified atom stereocenters.